The van der Waals surface area contributed by atoms with Crippen molar-refractivity contribution in [3.8, 4) is 5.69 Å². The lowest BCUT2D eigenvalue weighted by Crippen LogP contribution is -2.24. The minimum atomic E-state index is -0.619. The fourth-order valence-electron chi connectivity index (χ4n) is 4.32. The van der Waals surface area contributed by atoms with Crippen LogP contribution in [0.15, 0.2) is 96.3 Å². The van der Waals surface area contributed by atoms with Gasteiger partial charge >= 0.3 is 0 Å². The van der Waals surface area contributed by atoms with Gasteiger partial charge in [0.25, 0.3) is 11.5 Å². The predicted molar refractivity (Wildman–Crippen MR) is 156 cm³/mol. The first-order chi connectivity index (χ1) is 19.5. The Morgan fingerprint density at radius 2 is 1.80 bits per heavy atom. The second-order valence-corrected chi connectivity index (χ2v) is 8.73. The number of fused-ring (bicyclic) bond motifs is 2. The normalized spacial score (nSPS) is 11.0. The minimum absolute atomic E-state index is 0.0468. The SMILES string of the molecule is CCc1nc2cccc(/C=C/c3cccnc3)c2c(=O)n1-c1ccccc1.NC(=O)c1c(N)nn2cccnc12. The van der Waals surface area contributed by atoms with Crippen LogP contribution in [0.4, 0.5) is 5.82 Å². The molecule has 0 spiro atoms. The van der Waals surface area contributed by atoms with Gasteiger partial charge in [0.2, 0.25) is 0 Å². The van der Waals surface area contributed by atoms with Crippen LogP contribution in [0.3, 0.4) is 0 Å². The van der Waals surface area contributed by atoms with Gasteiger partial charge in [0.05, 0.1) is 16.6 Å². The van der Waals surface area contributed by atoms with Crippen LogP contribution < -0.4 is 17.0 Å². The number of hydrogen-bond acceptors (Lipinski definition) is 7. The van der Waals surface area contributed by atoms with Gasteiger partial charge in [-0.1, -0.05) is 55.5 Å². The number of para-hydroxylation sites is 1. The summed E-state index contributed by atoms with van der Waals surface area (Å²) in [7, 11) is 0. The number of amides is 1. The van der Waals surface area contributed by atoms with Crippen molar-refractivity contribution in [2.75, 3.05) is 5.73 Å². The van der Waals surface area contributed by atoms with Crippen LogP contribution >= 0.6 is 0 Å². The molecule has 0 bridgehead atoms. The average Bonchev–Trinajstić information content (AvgIpc) is 3.33. The molecule has 2 aromatic carbocycles. The van der Waals surface area contributed by atoms with E-state index in [1.165, 1.54) is 4.52 Å². The van der Waals surface area contributed by atoms with E-state index in [0.29, 0.717) is 17.5 Å². The van der Waals surface area contributed by atoms with E-state index in [1.807, 2.05) is 79.7 Å². The Morgan fingerprint density at radius 1 is 0.975 bits per heavy atom. The van der Waals surface area contributed by atoms with E-state index in [-0.39, 0.29) is 16.9 Å². The Balaban J connectivity index is 0.000000207. The summed E-state index contributed by atoms with van der Waals surface area (Å²) in [4.78, 5) is 37.2. The van der Waals surface area contributed by atoms with Gasteiger partial charge in [-0.25, -0.2) is 14.5 Å². The Kier molecular flexibility index (Phi) is 7.41. The number of hydrogen-bond donors (Lipinski definition) is 2. The predicted octanol–water partition coefficient (Wildman–Crippen LogP) is 3.92. The molecule has 0 fully saturated rings. The molecule has 10 heteroatoms. The molecule has 0 saturated heterocycles. The Labute approximate surface area is 229 Å². The number of anilines is 1. The molecule has 40 heavy (non-hydrogen) atoms. The molecule has 198 valence electrons. The van der Waals surface area contributed by atoms with Crippen LogP contribution in [0, 0.1) is 0 Å². The highest BCUT2D eigenvalue weighted by Crippen LogP contribution is 2.19. The Hall–Kier alpha value is -5.64. The zero-order valence-electron chi connectivity index (χ0n) is 21.7. The monoisotopic (exact) mass is 530 g/mol. The van der Waals surface area contributed by atoms with E-state index in [0.717, 1.165) is 28.2 Å². The molecule has 0 saturated carbocycles. The van der Waals surface area contributed by atoms with E-state index in [4.69, 9.17) is 16.5 Å². The number of rotatable bonds is 5. The van der Waals surface area contributed by atoms with E-state index >= 15 is 0 Å². The molecule has 10 nitrogen and oxygen atoms in total. The van der Waals surface area contributed by atoms with Gasteiger partial charge < -0.3 is 11.5 Å². The quantitative estimate of drug-likeness (QED) is 0.343. The average molecular weight is 531 g/mol. The van der Waals surface area contributed by atoms with Crippen molar-refractivity contribution in [2.24, 2.45) is 5.73 Å². The minimum Gasteiger partial charge on any atom is -0.381 e. The number of aryl methyl sites for hydroxylation is 1. The molecule has 6 aromatic rings. The van der Waals surface area contributed by atoms with Crippen LogP contribution in [0.1, 0.15) is 34.2 Å². The third kappa shape index (κ3) is 5.18. The fourth-order valence-corrected chi connectivity index (χ4v) is 4.32. The highest BCUT2D eigenvalue weighted by atomic mass is 16.1. The third-order valence-electron chi connectivity index (χ3n) is 6.14. The van der Waals surface area contributed by atoms with Crippen LogP contribution in [0.2, 0.25) is 0 Å². The van der Waals surface area contributed by atoms with Gasteiger partial charge in [-0.2, -0.15) is 0 Å². The van der Waals surface area contributed by atoms with Crippen molar-refractivity contribution in [2.45, 2.75) is 13.3 Å². The van der Waals surface area contributed by atoms with Gasteiger partial charge in [-0.3, -0.25) is 19.1 Å². The first kappa shape index (κ1) is 26.0. The van der Waals surface area contributed by atoms with Crippen LogP contribution in [0.25, 0.3) is 34.4 Å². The van der Waals surface area contributed by atoms with E-state index < -0.39 is 5.91 Å². The van der Waals surface area contributed by atoms with E-state index in [2.05, 4.69) is 15.1 Å². The van der Waals surface area contributed by atoms with Crippen LogP contribution in [-0.4, -0.2) is 35.0 Å². The lowest BCUT2D eigenvalue weighted by atomic mass is 10.1. The molecule has 4 aromatic heterocycles. The molecule has 0 aliphatic carbocycles. The van der Waals surface area contributed by atoms with Crippen LogP contribution in [-0.2, 0) is 6.42 Å². The second-order valence-electron chi connectivity index (χ2n) is 8.73. The summed E-state index contributed by atoms with van der Waals surface area (Å²) in [5.74, 6) is 0.240. The van der Waals surface area contributed by atoms with Crippen LogP contribution in [0.5, 0.6) is 0 Å². The number of carbonyl (C=O) groups is 1. The number of nitrogens with two attached hydrogens (primary N) is 2. The van der Waals surface area contributed by atoms with Gasteiger partial charge in [-0.05, 0) is 41.5 Å². The lowest BCUT2D eigenvalue weighted by molar-refractivity contribution is 0.100. The topological polar surface area (TPSA) is 147 Å². The first-order valence-corrected chi connectivity index (χ1v) is 12.5. The molecule has 0 radical (unpaired) electrons. The zero-order valence-corrected chi connectivity index (χ0v) is 21.7. The van der Waals surface area contributed by atoms with Gasteiger partial charge in [0, 0.05) is 31.2 Å². The van der Waals surface area contributed by atoms with Crippen molar-refractivity contribution in [1.29, 1.82) is 0 Å². The van der Waals surface area contributed by atoms with Gasteiger partial charge in [0.1, 0.15) is 11.4 Å². The highest BCUT2D eigenvalue weighted by Gasteiger charge is 2.15. The summed E-state index contributed by atoms with van der Waals surface area (Å²) in [6.07, 6.45) is 11.3. The van der Waals surface area contributed by atoms with Crippen molar-refractivity contribution in [3.63, 3.8) is 0 Å². The maximum absolute atomic E-state index is 13.4. The maximum Gasteiger partial charge on any atom is 0.266 e. The maximum atomic E-state index is 13.4. The summed E-state index contributed by atoms with van der Waals surface area (Å²) < 4.78 is 3.12. The Bertz CT molecular complexity index is 1890. The van der Waals surface area contributed by atoms with Gasteiger partial charge in [0.15, 0.2) is 11.5 Å². The summed E-state index contributed by atoms with van der Waals surface area (Å²) in [6.45, 7) is 2.01. The first-order valence-electron chi connectivity index (χ1n) is 12.5. The molecular formula is C30H26N8O2. The number of carbonyl (C=O) groups excluding carboxylic acids is 1. The van der Waals surface area contributed by atoms with E-state index in [1.54, 1.807) is 35.4 Å². The second kappa shape index (κ2) is 11.4. The molecule has 6 rings (SSSR count). The molecule has 4 heterocycles. The van der Waals surface area contributed by atoms with Crippen molar-refractivity contribution in [3.05, 3.63) is 124 Å². The third-order valence-corrected chi connectivity index (χ3v) is 6.14. The Morgan fingerprint density at radius 3 is 2.52 bits per heavy atom. The molecule has 0 unspecified atom stereocenters. The number of primary amides is 1. The number of nitrogen functional groups attached to an aromatic ring is 1. The summed E-state index contributed by atoms with van der Waals surface area (Å²) in [5.41, 5.74) is 14.5. The number of benzene rings is 2. The highest BCUT2D eigenvalue weighted by molar-refractivity contribution is 6.03. The van der Waals surface area contributed by atoms with Crippen molar-refractivity contribution < 1.29 is 4.79 Å². The molecule has 0 aliphatic rings. The molecule has 0 atom stereocenters. The molecule has 0 aliphatic heterocycles. The largest absolute Gasteiger partial charge is 0.381 e. The van der Waals surface area contributed by atoms with Gasteiger partial charge in [-0.15, -0.1) is 5.10 Å². The smallest absolute Gasteiger partial charge is 0.266 e. The van der Waals surface area contributed by atoms with E-state index in [9.17, 15) is 9.59 Å². The summed E-state index contributed by atoms with van der Waals surface area (Å²) in [5, 5.41) is 4.49. The number of aromatic nitrogens is 6. The number of nitrogens with zero attached hydrogens (tertiary/aromatic N) is 6. The molecule has 4 N–H and O–H groups in total. The molecular weight excluding hydrogens is 504 g/mol. The zero-order chi connectivity index (χ0) is 28.1. The molecule has 1 amide bonds. The standard InChI is InChI=1S/C23H19N3O.C7H7N5O/c1-2-21-25-20-12-6-9-18(14-13-17-8-7-15-24-16-17)22(20)23(27)26(21)19-10-4-3-5-11-19;8-5-4(6(9)13)7-10-2-1-3-12(7)11-5/h3-16H,2H2,1H3;1-3H,(H2,8,11)(H2,9,13)/b14-13+;. The summed E-state index contributed by atoms with van der Waals surface area (Å²) in [6, 6.07) is 21.0. The number of pyridine rings is 1. The van der Waals surface area contributed by atoms with Crippen molar-refractivity contribution in [1.82, 2.24) is 29.1 Å². The fraction of sp³-hybridized carbons (Fsp3) is 0.0667. The lowest BCUT2D eigenvalue weighted by Gasteiger charge is -2.13. The van der Waals surface area contributed by atoms with Crippen molar-refractivity contribution >= 4 is 40.4 Å². The summed E-state index contributed by atoms with van der Waals surface area (Å²) >= 11 is 0.